The summed E-state index contributed by atoms with van der Waals surface area (Å²) < 4.78 is 0. The van der Waals surface area contributed by atoms with Gasteiger partial charge in [-0.2, -0.15) is 5.10 Å². The minimum absolute atomic E-state index is 0.0731. The van der Waals surface area contributed by atoms with Gasteiger partial charge in [0.25, 0.3) is 0 Å². The first-order valence-electron chi connectivity index (χ1n) is 7.68. The number of carbonyl (C=O) groups excluding carboxylic acids is 2. The molecule has 0 radical (unpaired) electrons. The van der Waals surface area contributed by atoms with E-state index in [-0.39, 0.29) is 18.2 Å². The van der Waals surface area contributed by atoms with E-state index < -0.39 is 5.92 Å². The van der Waals surface area contributed by atoms with Crippen LogP contribution >= 0.6 is 23.2 Å². The first-order valence-corrected chi connectivity index (χ1v) is 8.43. The summed E-state index contributed by atoms with van der Waals surface area (Å²) in [6, 6.07) is 14.3. The van der Waals surface area contributed by atoms with Crippen LogP contribution in [0.5, 0.6) is 0 Å². The maximum atomic E-state index is 12.2. The van der Waals surface area contributed by atoms with Crippen LogP contribution in [0.1, 0.15) is 12.0 Å². The van der Waals surface area contributed by atoms with E-state index in [1.807, 2.05) is 30.3 Å². The van der Waals surface area contributed by atoms with Crippen LogP contribution in [0.3, 0.4) is 0 Å². The van der Waals surface area contributed by atoms with Crippen LogP contribution in [-0.4, -0.2) is 24.6 Å². The molecular weight excluding hydrogens is 361 g/mol. The van der Waals surface area contributed by atoms with E-state index >= 15 is 0 Å². The van der Waals surface area contributed by atoms with Crippen LogP contribution in [0.15, 0.2) is 53.6 Å². The smallest absolute Gasteiger partial charge is 0.245 e. The number of nitrogens with zero attached hydrogens (tertiary/aromatic N) is 2. The molecule has 1 heterocycles. The second-order valence-corrected chi connectivity index (χ2v) is 6.48. The lowest BCUT2D eigenvalue weighted by Crippen LogP contribution is -2.30. The van der Waals surface area contributed by atoms with Gasteiger partial charge in [0, 0.05) is 29.2 Å². The van der Waals surface area contributed by atoms with Crippen molar-refractivity contribution in [1.82, 2.24) is 5.43 Å². The second kappa shape index (κ2) is 7.68. The monoisotopic (exact) mass is 375 g/mol. The molecule has 1 aliphatic heterocycles. The molecule has 2 aromatic carbocycles. The van der Waals surface area contributed by atoms with E-state index in [0.717, 1.165) is 5.69 Å². The zero-order chi connectivity index (χ0) is 17.8. The highest BCUT2D eigenvalue weighted by atomic mass is 35.5. The number of nitrogens with one attached hydrogen (secondary N) is 1. The van der Waals surface area contributed by atoms with Crippen LogP contribution in [-0.2, 0) is 9.59 Å². The van der Waals surface area contributed by atoms with E-state index in [0.29, 0.717) is 22.2 Å². The molecule has 1 aliphatic rings. The van der Waals surface area contributed by atoms with Gasteiger partial charge in [-0.25, -0.2) is 5.43 Å². The fourth-order valence-electron chi connectivity index (χ4n) is 2.60. The highest BCUT2D eigenvalue weighted by Gasteiger charge is 2.34. The molecule has 0 bridgehead atoms. The van der Waals surface area contributed by atoms with Crippen molar-refractivity contribution in [2.45, 2.75) is 6.42 Å². The third kappa shape index (κ3) is 4.18. The predicted octanol–water partition coefficient (Wildman–Crippen LogP) is 3.50. The van der Waals surface area contributed by atoms with Gasteiger partial charge < -0.3 is 4.90 Å². The summed E-state index contributed by atoms with van der Waals surface area (Å²) in [6.45, 7) is 0.339. The molecule has 1 fully saturated rings. The predicted molar refractivity (Wildman–Crippen MR) is 99.1 cm³/mol. The van der Waals surface area contributed by atoms with Gasteiger partial charge in [-0.15, -0.1) is 0 Å². The van der Waals surface area contributed by atoms with Gasteiger partial charge in [-0.1, -0.05) is 47.5 Å². The number of hydrogen-bond donors (Lipinski definition) is 1. The van der Waals surface area contributed by atoms with Gasteiger partial charge in [0.05, 0.1) is 17.2 Å². The molecule has 1 unspecified atom stereocenters. The van der Waals surface area contributed by atoms with Crippen molar-refractivity contribution >= 4 is 46.9 Å². The van der Waals surface area contributed by atoms with E-state index in [1.54, 1.807) is 23.1 Å². The molecular formula is C18H15Cl2N3O2. The lowest BCUT2D eigenvalue weighted by Gasteiger charge is -2.16. The number of rotatable bonds is 4. The Bertz CT molecular complexity index is 824. The molecule has 25 heavy (non-hydrogen) atoms. The first kappa shape index (κ1) is 17.5. The molecule has 2 amide bonds. The summed E-state index contributed by atoms with van der Waals surface area (Å²) >= 11 is 11.9. The van der Waals surface area contributed by atoms with E-state index in [2.05, 4.69) is 10.5 Å². The Balaban J connectivity index is 1.60. The molecule has 2 aromatic rings. The average molecular weight is 376 g/mol. The zero-order valence-electron chi connectivity index (χ0n) is 13.2. The number of anilines is 1. The van der Waals surface area contributed by atoms with Crippen molar-refractivity contribution in [2.75, 3.05) is 11.4 Å². The van der Waals surface area contributed by atoms with Crippen molar-refractivity contribution in [3.63, 3.8) is 0 Å². The van der Waals surface area contributed by atoms with Crippen molar-refractivity contribution in [3.05, 3.63) is 64.1 Å². The van der Waals surface area contributed by atoms with Gasteiger partial charge >= 0.3 is 0 Å². The fraction of sp³-hybridized carbons (Fsp3) is 0.167. The lowest BCUT2D eigenvalue weighted by molar-refractivity contribution is -0.126. The van der Waals surface area contributed by atoms with Crippen LogP contribution in [0.25, 0.3) is 0 Å². The Morgan fingerprint density at radius 2 is 1.96 bits per heavy atom. The summed E-state index contributed by atoms with van der Waals surface area (Å²) in [5, 5.41) is 4.88. The zero-order valence-corrected chi connectivity index (χ0v) is 14.7. The lowest BCUT2D eigenvalue weighted by atomic mass is 10.1. The second-order valence-electron chi connectivity index (χ2n) is 5.64. The van der Waals surface area contributed by atoms with Crippen LogP contribution < -0.4 is 10.3 Å². The van der Waals surface area contributed by atoms with E-state index in [1.165, 1.54) is 6.21 Å². The summed E-state index contributed by atoms with van der Waals surface area (Å²) in [6.07, 6.45) is 1.61. The number of halogens is 2. The van der Waals surface area contributed by atoms with Gasteiger partial charge in [0.15, 0.2) is 0 Å². The van der Waals surface area contributed by atoms with E-state index in [4.69, 9.17) is 23.2 Å². The van der Waals surface area contributed by atoms with Crippen molar-refractivity contribution < 1.29 is 9.59 Å². The fourth-order valence-corrected chi connectivity index (χ4v) is 3.06. The quantitative estimate of drug-likeness (QED) is 0.656. The van der Waals surface area contributed by atoms with Gasteiger partial charge in [-0.3, -0.25) is 9.59 Å². The Kier molecular flexibility index (Phi) is 5.36. The minimum atomic E-state index is -0.439. The summed E-state index contributed by atoms with van der Waals surface area (Å²) in [5.41, 5.74) is 3.90. The van der Waals surface area contributed by atoms with Gasteiger partial charge in [0.1, 0.15) is 0 Å². The Morgan fingerprint density at radius 3 is 2.68 bits per heavy atom. The van der Waals surface area contributed by atoms with Crippen molar-refractivity contribution in [2.24, 2.45) is 11.0 Å². The Labute approximate surface area is 155 Å². The van der Waals surface area contributed by atoms with Gasteiger partial charge in [0.2, 0.25) is 11.8 Å². The minimum Gasteiger partial charge on any atom is -0.312 e. The number of para-hydroxylation sites is 1. The van der Waals surface area contributed by atoms with Gasteiger partial charge in [-0.05, 0) is 24.3 Å². The summed E-state index contributed by atoms with van der Waals surface area (Å²) in [5.74, 6) is -0.810. The Hall–Kier alpha value is -2.37. The number of carbonyl (C=O) groups is 2. The maximum absolute atomic E-state index is 12.2. The summed E-state index contributed by atoms with van der Waals surface area (Å²) in [7, 11) is 0. The largest absolute Gasteiger partial charge is 0.312 e. The molecule has 0 aromatic heterocycles. The van der Waals surface area contributed by atoms with Crippen molar-refractivity contribution in [1.29, 1.82) is 0 Å². The third-order valence-electron chi connectivity index (χ3n) is 3.90. The standard InChI is InChI=1S/C18H15Cl2N3O2/c19-14-7-6-12(16(20)9-14)10-21-22-18(25)13-8-17(24)23(11-13)15-4-2-1-3-5-15/h1-7,9-10,13H,8,11H2,(H,22,25)/b21-10+. The Morgan fingerprint density at radius 1 is 1.20 bits per heavy atom. The van der Waals surface area contributed by atoms with Crippen LogP contribution in [0, 0.1) is 5.92 Å². The number of benzene rings is 2. The molecule has 1 N–H and O–H groups in total. The number of hydrogen-bond acceptors (Lipinski definition) is 3. The highest BCUT2D eigenvalue weighted by molar-refractivity contribution is 6.36. The molecule has 3 rings (SSSR count). The maximum Gasteiger partial charge on any atom is 0.245 e. The first-order chi connectivity index (χ1) is 12.0. The average Bonchev–Trinajstić information content (AvgIpc) is 2.99. The SMILES string of the molecule is O=C(N/N=C/c1ccc(Cl)cc1Cl)C1CC(=O)N(c2ccccc2)C1. The topological polar surface area (TPSA) is 61.8 Å². The molecule has 0 aliphatic carbocycles. The highest BCUT2D eigenvalue weighted by Crippen LogP contribution is 2.25. The van der Waals surface area contributed by atoms with Crippen LogP contribution in [0.4, 0.5) is 5.69 Å². The van der Waals surface area contributed by atoms with Crippen LogP contribution in [0.2, 0.25) is 10.0 Å². The molecule has 0 saturated carbocycles. The number of amides is 2. The normalized spacial score (nSPS) is 17.3. The number of hydrazone groups is 1. The molecule has 1 saturated heterocycles. The third-order valence-corrected chi connectivity index (χ3v) is 4.47. The molecule has 7 heteroatoms. The van der Waals surface area contributed by atoms with E-state index in [9.17, 15) is 9.59 Å². The molecule has 0 spiro atoms. The molecule has 5 nitrogen and oxygen atoms in total. The molecule has 128 valence electrons. The summed E-state index contributed by atoms with van der Waals surface area (Å²) in [4.78, 5) is 26.0. The van der Waals surface area contributed by atoms with Crippen molar-refractivity contribution in [3.8, 4) is 0 Å². The molecule has 1 atom stereocenters.